The van der Waals surface area contributed by atoms with Crippen LogP contribution in [0, 0.1) is 0 Å². The van der Waals surface area contributed by atoms with Crippen molar-refractivity contribution in [3.05, 3.63) is 71.0 Å². The SMILES string of the molecule is CC(C)(CO)c1ccc2c(c1)NC(=O)c1ccc(Nc3ccnc(Cl)c3)cc1N2. The molecular formula is C22H21ClN4O2. The molecule has 4 rings (SSSR count). The summed E-state index contributed by atoms with van der Waals surface area (Å²) in [6, 6.07) is 14.8. The Hall–Kier alpha value is -3.09. The first kappa shape index (κ1) is 19.2. The Bertz CT molecular complexity index is 1100. The number of carbonyl (C=O) groups is 1. The average Bonchev–Trinajstić information content (AvgIpc) is 2.82. The van der Waals surface area contributed by atoms with E-state index in [0.717, 1.165) is 22.6 Å². The number of amides is 1. The number of nitrogens with zero attached hydrogens (tertiary/aromatic N) is 1. The number of benzene rings is 2. The molecular weight excluding hydrogens is 388 g/mol. The van der Waals surface area contributed by atoms with Crippen molar-refractivity contribution in [1.82, 2.24) is 4.98 Å². The first-order chi connectivity index (χ1) is 13.9. The molecule has 3 aromatic rings. The van der Waals surface area contributed by atoms with Crippen LogP contribution >= 0.6 is 11.6 Å². The lowest BCUT2D eigenvalue weighted by Gasteiger charge is -2.23. The average molecular weight is 409 g/mol. The van der Waals surface area contributed by atoms with Gasteiger partial charge in [-0.1, -0.05) is 31.5 Å². The number of nitrogens with one attached hydrogen (secondary N) is 3. The first-order valence-corrected chi connectivity index (χ1v) is 9.60. The molecule has 6 nitrogen and oxygen atoms in total. The molecule has 0 bridgehead atoms. The van der Waals surface area contributed by atoms with Gasteiger partial charge in [0.15, 0.2) is 0 Å². The van der Waals surface area contributed by atoms with Crippen molar-refractivity contribution in [3.63, 3.8) is 0 Å². The second-order valence-electron chi connectivity index (χ2n) is 7.63. The van der Waals surface area contributed by atoms with Crippen molar-refractivity contribution in [2.45, 2.75) is 19.3 Å². The fraction of sp³-hybridized carbons (Fsp3) is 0.182. The van der Waals surface area contributed by atoms with Crippen LogP contribution in [0.2, 0.25) is 5.15 Å². The van der Waals surface area contributed by atoms with Gasteiger partial charge in [0.25, 0.3) is 5.91 Å². The van der Waals surface area contributed by atoms with Crippen molar-refractivity contribution < 1.29 is 9.90 Å². The van der Waals surface area contributed by atoms with Gasteiger partial charge in [0.2, 0.25) is 0 Å². The third kappa shape index (κ3) is 3.90. The minimum Gasteiger partial charge on any atom is -0.395 e. The molecule has 0 atom stereocenters. The van der Waals surface area contributed by atoms with Crippen LogP contribution < -0.4 is 16.0 Å². The highest BCUT2D eigenvalue weighted by Gasteiger charge is 2.24. The van der Waals surface area contributed by atoms with E-state index in [0.29, 0.717) is 22.1 Å². The summed E-state index contributed by atoms with van der Waals surface area (Å²) < 4.78 is 0. The minimum atomic E-state index is -0.401. The van der Waals surface area contributed by atoms with Crippen molar-refractivity contribution in [2.24, 2.45) is 0 Å². The number of pyridine rings is 1. The number of carbonyl (C=O) groups excluding carboxylic acids is 1. The maximum atomic E-state index is 12.8. The summed E-state index contributed by atoms with van der Waals surface area (Å²) in [6.45, 7) is 3.93. The number of hydrogen-bond acceptors (Lipinski definition) is 5. The monoisotopic (exact) mass is 408 g/mol. The summed E-state index contributed by atoms with van der Waals surface area (Å²) in [6.07, 6.45) is 1.63. The van der Waals surface area contributed by atoms with Gasteiger partial charge in [0.1, 0.15) is 5.15 Å². The van der Waals surface area contributed by atoms with Crippen LogP contribution in [-0.4, -0.2) is 22.6 Å². The zero-order valence-electron chi connectivity index (χ0n) is 16.1. The zero-order valence-corrected chi connectivity index (χ0v) is 16.8. The highest BCUT2D eigenvalue weighted by Crippen LogP contribution is 2.36. The lowest BCUT2D eigenvalue weighted by molar-refractivity contribution is 0.102. The Balaban J connectivity index is 1.67. The Morgan fingerprint density at radius 1 is 1.00 bits per heavy atom. The number of halogens is 1. The van der Waals surface area contributed by atoms with Gasteiger partial charge < -0.3 is 21.1 Å². The highest BCUT2D eigenvalue weighted by atomic mass is 35.5. The van der Waals surface area contributed by atoms with Crippen LogP contribution in [0.3, 0.4) is 0 Å². The molecule has 0 aliphatic carbocycles. The van der Waals surface area contributed by atoms with E-state index < -0.39 is 5.41 Å². The molecule has 2 aromatic carbocycles. The molecule has 0 saturated carbocycles. The quantitative estimate of drug-likeness (QED) is 0.453. The molecule has 29 heavy (non-hydrogen) atoms. The number of hydrogen-bond donors (Lipinski definition) is 4. The largest absolute Gasteiger partial charge is 0.395 e. The van der Waals surface area contributed by atoms with Gasteiger partial charge in [0, 0.05) is 23.0 Å². The van der Waals surface area contributed by atoms with E-state index in [1.807, 2.05) is 50.2 Å². The third-order valence-corrected chi connectivity index (χ3v) is 5.20. The Labute approximate surface area is 173 Å². The minimum absolute atomic E-state index is 0.0153. The predicted molar refractivity (Wildman–Crippen MR) is 117 cm³/mol. The normalized spacial score (nSPS) is 12.9. The molecule has 0 spiro atoms. The number of fused-ring (bicyclic) bond motifs is 2. The summed E-state index contributed by atoms with van der Waals surface area (Å²) in [5.74, 6) is -0.191. The third-order valence-electron chi connectivity index (χ3n) is 4.99. The molecule has 7 heteroatoms. The van der Waals surface area contributed by atoms with Crippen molar-refractivity contribution >= 4 is 45.9 Å². The number of anilines is 5. The Kier molecular flexibility index (Phi) is 4.90. The maximum absolute atomic E-state index is 12.8. The van der Waals surface area contributed by atoms with Crippen LogP contribution in [0.15, 0.2) is 54.7 Å². The number of aliphatic hydroxyl groups is 1. The predicted octanol–water partition coefficient (Wildman–Crippen LogP) is 5.06. The van der Waals surface area contributed by atoms with Gasteiger partial charge in [-0.25, -0.2) is 4.98 Å². The highest BCUT2D eigenvalue weighted by molar-refractivity contribution is 6.29. The molecule has 1 aromatic heterocycles. The maximum Gasteiger partial charge on any atom is 0.257 e. The molecule has 0 fully saturated rings. The molecule has 0 radical (unpaired) electrons. The lowest BCUT2D eigenvalue weighted by Crippen LogP contribution is -2.22. The van der Waals surface area contributed by atoms with Gasteiger partial charge >= 0.3 is 0 Å². The lowest BCUT2D eigenvalue weighted by atomic mass is 9.85. The molecule has 4 N–H and O–H groups in total. The molecule has 2 heterocycles. The first-order valence-electron chi connectivity index (χ1n) is 9.22. The fourth-order valence-corrected chi connectivity index (χ4v) is 3.35. The van der Waals surface area contributed by atoms with Gasteiger partial charge in [0.05, 0.1) is 29.2 Å². The van der Waals surface area contributed by atoms with Crippen LogP contribution in [-0.2, 0) is 5.41 Å². The van der Waals surface area contributed by atoms with Gasteiger partial charge in [-0.15, -0.1) is 0 Å². The van der Waals surface area contributed by atoms with Crippen molar-refractivity contribution in [2.75, 3.05) is 22.6 Å². The molecule has 148 valence electrons. The standard InChI is InChI=1S/C22H21ClN4O2/c1-22(2,12-28)13-3-6-17-19(9-13)27-21(29)16-5-4-14(10-18(16)26-17)25-15-7-8-24-20(23)11-15/h3-11,26,28H,12H2,1-2H3,(H,24,25)(H,27,29). The van der Waals surface area contributed by atoms with Crippen LogP contribution in [0.5, 0.6) is 0 Å². The topological polar surface area (TPSA) is 86.3 Å². The molecule has 0 saturated heterocycles. The molecule has 1 aliphatic rings. The van der Waals surface area contributed by atoms with E-state index in [9.17, 15) is 9.90 Å². The van der Waals surface area contributed by atoms with E-state index >= 15 is 0 Å². The molecule has 1 amide bonds. The van der Waals surface area contributed by atoms with Gasteiger partial charge in [-0.05, 0) is 48.0 Å². The summed E-state index contributed by atoms with van der Waals surface area (Å²) in [5.41, 5.74) is 4.88. The van der Waals surface area contributed by atoms with Crippen LogP contribution in [0.4, 0.5) is 28.4 Å². The zero-order chi connectivity index (χ0) is 20.6. The summed E-state index contributed by atoms with van der Waals surface area (Å²) in [4.78, 5) is 16.7. The summed E-state index contributed by atoms with van der Waals surface area (Å²) >= 11 is 5.95. The number of aromatic nitrogens is 1. The second kappa shape index (κ2) is 7.39. The number of rotatable bonds is 4. The Morgan fingerprint density at radius 3 is 2.55 bits per heavy atom. The van der Waals surface area contributed by atoms with E-state index in [4.69, 9.17) is 11.6 Å². The van der Waals surface area contributed by atoms with Crippen molar-refractivity contribution in [1.29, 1.82) is 0 Å². The van der Waals surface area contributed by atoms with Gasteiger partial charge in [-0.3, -0.25) is 4.79 Å². The summed E-state index contributed by atoms with van der Waals surface area (Å²) in [7, 11) is 0. The smallest absolute Gasteiger partial charge is 0.257 e. The fourth-order valence-electron chi connectivity index (χ4n) is 3.17. The molecule has 1 aliphatic heterocycles. The van der Waals surface area contributed by atoms with E-state index in [2.05, 4.69) is 20.9 Å². The second-order valence-corrected chi connectivity index (χ2v) is 8.02. The Morgan fingerprint density at radius 2 is 1.79 bits per heavy atom. The van der Waals surface area contributed by atoms with E-state index in [-0.39, 0.29) is 12.5 Å². The van der Waals surface area contributed by atoms with Crippen LogP contribution in [0.25, 0.3) is 0 Å². The van der Waals surface area contributed by atoms with E-state index in [1.165, 1.54) is 0 Å². The van der Waals surface area contributed by atoms with E-state index in [1.54, 1.807) is 18.3 Å². The van der Waals surface area contributed by atoms with Gasteiger partial charge in [-0.2, -0.15) is 0 Å². The number of aliphatic hydroxyl groups excluding tert-OH is 1. The van der Waals surface area contributed by atoms with Crippen molar-refractivity contribution in [3.8, 4) is 0 Å². The van der Waals surface area contributed by atoms with Crippen LogP contribution in [0.1, 0.15) is 29.8 Å². The molecule has 0 unspecified atom stereocenters. The summed E-state index contributed by atoms with van der Waals surface area (Å²) in [5, 5.41) is 19.6.